The van der Waals surface area contributed by atoms with Crippen molar-refractivity contribution in [3.8, 4) is 0 Å². The van der Waals surface area contributed by atoms with Gasteiger partial charge in [0, 0.05) is 23.7 Å². The Bertz CT molecular complexity index is 375. The molecule has 1 N–H and O–H groups in total. The summed E-state index contributed by atoms with van der Waals surface area (Å²) in [6, 6.07) is 8.97. The fraction of sp³-hybridized carbons (Fsp3) is 0.625. The topological polar surface area (TPSA) is 15.3 Å². The van der Waals surface area contributed by atoms with Crippen LogP contribution in [0.3, 0.4) is 0 Å². The van der Waals surface area contributed by atoms with Crippen LogP contribution in [0.2, 0.25) is 0 Å². The molecule has 0 saturated carbocycles. The molecule has 3 heteroatoms. The summed E-state index contributed by atoms with van der Waals surface area (Å²) < 4.78 is 0. The lowest BCUT2D eigenvalue weighted by atomic mass is 10.1. The molecule has 0 amide bonds. The molecule has 1 fully saturated rings. The molecule has 2 nitrogen and oxygen atoms in total. The van der Waals surface area contributed by atoms with Gasteiger partial charge in [0.15, 0.2) is 0 Å². The van der Waals surface area contributed by atoms with Crippen LogP contribution in [0.4, 0.5) is 5.69 Å². The Morgan fingerprint density at radius 3 is 2.68 bits per heavy atom. The number of hydrogen-bond acceptors (Lipinski definition) is 3. The highest BCUT2D eigenvalue weighted by Crippen LogP contribution is 2.25. The number of benzene rings is 1. The highest BCUT2D eigenvalue weighted by molar-refractivity contribution is 7.98. The summed E-state index contributed by atoms with van der Waals surface area (Å²) in [4.78, 5) is 3.87. The van der Waals surface area contributed by atoms with E-state index in [1.165, 1.54) is 30.1 Å². The van der Waals surface area contributed by atoms with E-state index in [1.807, 2.05) is 0 Å². The lowest BCUT2D eigenvalue weighted by Gasteiger charge is -2.19. The molecule has 1 aliphatic heterocycles. The largest absolute Gasteiger partial charge is 0.371 e. The van der Waals surface area contributed by atoms with Gasteiger partial charge in [0.05, 0.1) is 0 Å². The SMILES string of the molecule is CSc1ccc(N2CCC(CNCC(C)C)C2)cc1. The molecule has 1 unspecified atom stereocenters. The maximum Gasteiger partial charge on any atom is 0.0367 e. The van der Waals surface area contributed by atoms with E-state index < -0.39 is 0 Å². The van der Waals surface area contributed by atoms with Crippen LogP contribution in [0.15, 0.2) is 29.2 Å². The van der Waals surface area contributed by atoms with Crippen molar-refractivity contribution in [3.63, 3.8) is 0 Å². The van der Waals surface area contributed by atoms with E-state index in [2.05, 4.69) is 54.6 Å². The van der Waals surface area contributed by atoms with Crippen LogP contribution in [0.5, 0.6) is 0 Å². The van der Waals surface area contributed by atoms with E-state index in [1.54, 1.807) is 11.8 Å². The monoisotopic (exact) mass is 278 g/mol. The number of thioether (sulfide) groups is 1. The van der Waals surface area contributed by atoms with Crippen molar-refractivity contribution < 1.29 is 0 Å². The lowest BCUT2D eigenvalue weighted by Crippen LogP contribution is -2.28. The molecule has 1 aromatic rings. The molecule has 1 heterocycles. The van der Waals surface area contributed by atoms with Gasteiger partial charge in [-0.2, -0.15) is 0 Å². The molecule has 2 rings (SSSR count). The average Bonchev–Trinajstić information content (AvgIpc) is 2.87. The molecular formula is C16H26N2S. The number of anilines is 1. The molecule has 0 radical (unpaired) electrons. The van der Waals surface area contributed by atoms with Crippen molar-refractivity contribution in [2.24, 2.45) is 11.8 Å². The smallest absolute Gasteiger partial charge is 0.0367 e. The molecule has 1 aliphatic rings. The molecule has 19 heavy (non-hydrogen) atoms. The molecule has 0 spiro atoms. The summed E-state index contributed by atoms with van der Waals surface area (Å²) in [7, 11) is 0. The summed E-state index contributed by atoms with van der Waals surface area (Å²) in [6.45, 7) is 9.23. The minimum Gasteiger partial charge on any atom is -0.371 e. The predicted molar refractivity (Wildman–Crippen MR) is 86.3 cm³/mol. The average molecular weight is 278 g/mol. The van der Waals surface area contributed by atoms with Crippen molar-refractivity contribution in [2.75, 3.05) is 37.3 Å². The second kappa shape index (κ2) is 7.20. The lowest BCUT2D eigenvalue weighted by molar-refractivity contribution is 0.477. The first-order chi connectivity index (χ1) is 9.19. The van der Waals surface area contributed by atoms with Crippen molar-refractivity contribution >= 4 is 17.4 Å². The quantitative estimate of drug-likeness (QED) is 0.802. The molecule has 1 aromatic carbocycles. The van der Waals surface area contributed by atoms with Gasteiger partial charge in [0.2, 0.25) is 0 Å². The minimum atomic E-state index is 0.747. The van der Waals surface area contributed by atoms with Crippen LogP contribution in [0, 0.1) is 11.8 Å². The van der Waals surface area contributed by atoms with Crippen molar-refractivity contribution in [2.45, 2.75) is 25.2 Å². The van der Waals surface area contributed by atoms with E-state index in [4.69, 9.17) is 0 Å². The van der Waals surface area contributed by atoms with Crippen LogP contribution in [0.25, 0.3) is 0 Å². The number of hydrogen-bond donors (Lipinski definition) is 1. The van der Waals surface area contributed by atoms with Gasteiger partial charge in [0.25, 0.3) is 0 Å². The third-order valence-electron chi connectivity index (χ3n) is 3.71. The van der Waals surface area contributed by atoms with E-state index in [9.17, 15) is 0 Å². The fourth-order valence-electron chi connectivity index (χ4n) is 2.60. The summed E-state index contributed by atoms with van der Waals surface area (Å²) in [5.41, 5.74) is 1.38. The standard InChI is InChI=1S/C16H26N2S/c1-13(2)10-17-11-14-8-9-18(12-14)15-4-6-16(19-3)7-5-15/h4-7,13-14,17H,8-12H2,1-3H3. The summed E-state index contributed by atoms with van der Waals surface area (Å²) in [6.07, 6.45) is 3.44. The Kier molecular flexibility index (Phi) is 5.59. The first kappa shape index (κ1) is 14.7. The Hall–Kier alpha value is -0.670. The van der Waals surface area contributed by atoms with Crippen molar-refractivity contribution in [1.82, 2.24) is 5.32 Å². The van der Waals surface area contributed by atoms with Gasteiger partial charge in [0.1, 0.15) is 0 Å². The Morgan fingerprint density at radius 2 is 2.05 bits per heavy atom. The van der Waals surface area contributed by atoms with E-state index in [-0.39, 0.29) is 0 Å². The zero-order chi connectivity index (χ0) is 13.7. The Morgan fingerprint density at radius 1 is 1.32 bits per heavy atom. The van der Waals surface area contributed by atoms with Crippen molar-refractivity contribution in [3.05, 3.63) is 24.3 Å². The molecule has 0 aliphatic carbocycles. The van der Waals surface area contributed by atoms with Crippen molar-refractivity contribution in [1.29, 1.82) is 0 Å². The van der Waals surface area contributed by atoms with Gasteiger partial charge in [-0.25, -0.2) is 0 Å². The second-order valence-corrected chi connectivity index (χ2v) is 6.73. The fourth-order valence-corrected chi connectivity index (χ4v) is 3.01. The van der Waals surface area contributed by atoms with Crippen LogP contribution >= 0.6 is 11.8 Å². The number of nitrogens with one attached hydrogen (secondary N) is 1. The van der Waals surface area contributed by atoms with E-state index in [0.29, 0.717) is 0 Å². The molecular weight excluding hydrogens is 252 g/mol. The van der Waals surface area contributed by atoms with Gasteiger partial charge in [-0.05, 0) is 61.9 Å². The van der Waals surface area contributed by atoms with Crippen LogP contribution in [-0.4, -0.2) is 32.4 Å². The normalized spacial score (nSPS) is 19.4. The molecule has 0 bridgehead atoms. The van der Waals surface area contributed by atoms with Crippen LogP contribution < -0.4 is 10.2 Å². The first-order valence-corrected chi connectivity index (χ1v) is 8.51. The summed E-state index contributed by atoms with van der Waals surface area (Å²) in [5, 5.41) is 3.59. The molecule has 1 atom stereocenters. The number of rotatable bonds is 6. The highest BCUT2D eigenvalue weighted by atomic mass is 32.2. The van der Waals surface area contributed by atoms with Gasteiger partial charge in [-0.15, -0.1) is 11.8 Å². The Balaban J connectivity index is 1.80. The third kappa shape index (κ3) is 4.43. The van der Waals surface area contributed by atoms with Gasteiger partial charge in [-0.3, -0.25) is 0 Å². The maximum absolute atomic E-state index is 3.59. The van der Waals surface area contributed by atoms with Crippen LogP contribution in [-0.2, 0) is 0 Å². The maximum atomic E-state index is 3.59. The number of nitrogens with zero attached hydrogens (tertiary/aromatic N) is 1. The zero-order valence-corrected chi connectivity index (χ0v) is 13.2. The molecule has 0 aromatic heterocycles. The molecule has 1 saturated heterocycles. The van der Waals surface area contributed by atoms with E-state index in [0.717, 1.165) is 24.9 Å². The minimum absolute atomic E-state index is 0.747. The molecule has 106 valence electrons. The van der Waals surface area contributed by atoms with Gasteiger partial charge < -0.3 is 10.2 Å². The van der Waals surface area contributed by atoms with Gasteiger partial charge >= 0.3 is 0 Å². The van der Waals surface area contributed by atoms with E-state index >= 15 is 0 Å². The predicted octanol–water partition coefficient (Wildman–Crippen LogP) is 3.48. The highest BCUT2D eigenvalue weighted by Gasteiger charge is 2.22. The Labute approximate surface area is 122 Å². The summed E-state index contributed by atoms with van der Waals surface area (Å²) >= 11 is 1.81. The second-order valence-electron chi connectivity index (χ2n) is 5.85. The first-order valence-electron chi connectivity index (χ1n) is 7.28. The van der Waals surface area contributed by atoms with Crippen LogP contribution in [0.1, 0.15) is 20.3 Å². The third-order valence-corrected chi connectivity index (χ3v) is 4.45. The zero-order valence-electron chi connectivity index (χ0n) is 12.4. The summed E-state index contributed by atoms with van der Waals surface area (Å²) in [5.74, 6) is 1.55. The van der Waals surface area contributed by atoms with Gasteiger partial charge in [-0.1, -0.05) is 13.8 Å².